The molecule has 0 bridgehead atoms. The summed E-state index contributed by atoms with van der Waals surface area (Å²) in [5.41, 5.74) is 2.45. The van der Waals surface area contributed by atoms with Crippen molar-refractivity contribution < 1.29 is 4.79 Å². The van der Waals surface area contributed by atoms with Gasteiger partial charge in [-0.1, -0.05) is 25.1 Å². The Morgan fingerprint density at radius 1 is 1.44 bits per heavy atom. The van der Waals surface area contributed by atoms with Crippen LogP contribution in [0.15, 0.2) is 24.3 Å². The minimum absolute atomic E-state index is 0.0908. The van der Waals surface area contributed by atoms with Gasteiger partial charge in [-0.05, 0) is 37.3 Å². The topological polar surface area (TPSA) is 41.1 Å². The quantitative estimate of drug-likeness (QED) is 0.857. The number of carbonyl (C=O) groups is 1. The molecule has 1 saturated carbocycles. The normalized spacial score (nSPS) is 23.7. The van der Waals surface area contributed by atoms with Crippen LogP contribution in [0.4, 0.5) is 5.69 Å². The number of nitrogens with one attached hydrogen (secondary N) is 2. The molecule has 1 fully saturated rings. The molecule has 3 nitrogen and oxygen atoms in total. The van der Waals surface area contributed by atoms with Gasteiger partial charge in [-0.3, -0.25) is 4.79 Å². The summed E-state index contributed by atoms with van der Waals surface area (Å²) in [6, 6.07) is 8.08. The van der Waals surface area contributed by atoms with Crippen LogP contribution >= 0.6 is 0 Å². The molecular formula is C15H20N2O. The maximum atomic E-state index is 12.3. The first-order valence-corrected chi connectivity index (χ1v) is 6.89. The van der Waals surface area contributed by atoms with E-state index in [4.69, 9.17) is 0 Å². The van der Waals surface area contributed by atoms with Crippen LogP contribution in [0.5, 0.6) is 0 Å². The molecule has 96 valence electrons. The molecule has 0 radical (unpaired) electrons. The van der Waals surface area contributed by atoms with Gasteiger partial charge in [0.25, 0.3) is 0 Å². The van der Waals surface area contributed by atoms with E-state index < -0.39 is 0 Å². The van der Waals surface area contributed by atoms with E-state index in [0.717, 1.165) is 31.4 Å². The van der Waals surface area contributed by atoms with Gasteiger partial charge in [0.2, 0.25) is 5.91 Å². The predicted octanol–water partition coefficient (Wildman–Crippen LogP) is 2.47. The molecule has 0 aromatic heterocycles. The molecule has 2 N–H and O–H groups in total. The van der Waals surface area contributed by atoms with Crippen LogP contribution in [0.3, 0.4) is 0 Å². The summed E-state index contributed by atoms with van der Waals surface area (Å²) in [5.74, 6) is 0.160. The van der Waals surface area contributed by atoms with Crippen molar-refractivity contribution in [2.24, 2.45) is 0 Å². The molecule has 1 aliphatic carbocycles. The summed E-state index contributed by atoms with van der Waals surface area (Å²) < 4.78 is 0. The Labute approximate surface area is 108 Å². The highest BCUT2D eigenvalue weighted by atomic mass is 16.2. The highest BCUT2D eigenvalue weighted by Crippen LogP contribution is 2.35. The van der Waals surface area contributed by atoms with E-state index in [9.17, 15) is 4.79 Å². The third-order valence-corrected chi connectivity index (χ3v) is 4.46. The molecule has 3 heteroatoms. The molecule has 1 aromatic rings. The monoisotopic (exact) mass is 244 g/mol. The molecule has 3 rings (SSSR count). The number of carbonyl (C=O) groups excluding carboxylic acids is 1. The molecule has 1 aliphatic heterocycles. The van der Waals surface area contributed by atoms with E-state index in [2.05, 4.69) is 23.6 Å². The van der Waals surface area contributed by atoms with Gasteiger partial charge >= 0.3 is 0 Å². The van der Waals surface area contributed by atoms with Crippen LogP contribution in [0.2, 0.25) is 0 Å². The minimum atomic E-state index is -0.0913. The minimum Gasteiger partial charge on any atom is -0.373 e. The van der Waals surface area contributed by atoms with Crippen molar-refractivity contribution >= 4 is 11.6 Å². The molecule has 1 atom stereocenters. The zero-order valence-corrected chi connectivity index (χ0v) is 10.8. The van der Waals surface area contributed by atoms with Crippen molar-refractivity contribution in [2.75, 3.05) is 5.32 Å². The summed E-state index contributed by atoms with van der Waals surface area (Å²) in [4.78, 5) is 12.3. The summed E-state index contributed by atoms with van der Waals surface area (Å²) in [6.07, 6.45) is 5.36. The molecule has 1 aromatic carbocycles. The van der Waals surface area contributed by atoms with Crippen molar-refractivity contribution in [1.29, 1.82) is 0 Å². The van der Waals surface area contributed by atoms with Crippen LogP contribution in [-0.4, -0.2) is 17.5 Å². The highest BCUT2D eigenvalue weighted by molar-refractivity contribution is 5.88. The SMILES string of the molecule is CCC1(NC(=O)[C@@H]2Cc3ccccc3N2)CCC1. The molecule has 18 heavy (non-hydrogen) atoms. The van der Waals surface area contributed by atoms with Crippen LogP contribution in [0.1, 0.15) is 38.2 Å². The van der Waals surface area contributed by atoms with Gasteiger partial charge < -0.3 is 10.6 Å². The fourth-order valence-electron chi connectivity index (χ4n) is 2.97. The lowest BCUT2D eigenvalue weighted by Crippen LogP contribution is -2.56. The van der Waals surface area contributed by atoms with Crippen LogP contribution < -0.4 is 10.6 Å². The summed E-state index contributed by atoms with van der Waals surface area (Å²) >= 11 is 0. The van der Waals surface area contributed by atoms with Gasteiger partial charge in [-0.25, -0.2) is 0 Å². The molecule has 2 aliphatic rings. The number of hydrogen-bond acceptors (Lipinski definition) is 2. The standard InChI is InChI=1S/C15H20N2O/c1-2-15(8-5-9-15)17-14(18)13-10-11-6-3-4-7-12(11)16-13/h3-4,6-7,13,16H,2,5,8-10H2,1H3,(H,17,18)/t13-/m0/s1. The van der Waals surface area contributed by atoms with Crippen molar-refractivity contribution in [2.45, 2.75) is 50.6 Å². The lowest BCUT2D eigenvalue weighted by atomic mass is 9.74. The Morgan fingerprint density at radius 3 is 2.83 bits per heavy atom. The molecular weight excluding hydrogens is 224 g/mol. The molecule has 1 amide bonds. The lowest BCUT2D eigenvalue weighted by molar-refractivity contribution is -0.124. The number of benzene rings is 1. The molecule has 0 saturated heterocycles. The lowest BCUT2D eigenvalue weighted by Gasteiger charge is -2.42. The fourth-order valence-corrected chi connectivity index (χ4v) is 2.97. The average molecular weight is 244 g/mol. The number of amides is 1. The Morgan fingerprint density at radius 2 is 2.22 bits per heavy atom. The summed E-state index contributed by atoms with van der Waals surface area (Å²) in [5, 5.41) is 6.57. The van der Waals surface area contributed by atoms with Gasteiger partial charge in [0.05, 0.1) is 0 Å². The number of fused-ring (bicyclic) bond motifs is 1. The first kappa shape index (κ1) is 11.6. The van der Waals surface area contributed by atoms with E-state index in [0.29, 0.717) is 0 Å². The Hall–Kier alpha value is -1.51. The van der Waals surface area contributed by atoms with Crippen molar-refractivity contribution in [3.63, 3.8) is 0 Å². The van der Waals surface area contributed by atoms with E-state index >= 15 is 0 Å². The average Bonchev–Trinajstić information content (AvgIpc) is 2.77. The second-order valence-electron chi connectivity index (χ2n) is 5.53. The van der Waals surface area contributed by atoms with Gasteiger partial charge in [0.1, 0.15) is 6.04 Å². The molecule has 0 unspecified atom stereocenters. The number of anilines is 1. The van der Waals surface area contributed by atoms with Crippen LogP contribution in [-0.2, 0) is 11.2 Å². The zero-order valence-electron chi connectivity index (χ0n) is 10.8. The summed E-state index contributed by atoms with van der Waals surface area (Å²) in [6.45, 7) is 2.16. The van der Waals surface area contributed by atoms with E-state index in [1.807, 2.05) is 18.2 Å². The third-order valence-electron chi connectivity index (χ3n) is 4.46. The van der Waals surface area contributed by atoms with Crippen LogP contribution in [0.25, 0.3) is 0 Å². The maximum absolute atomic E-state index is 12.3. The van der Waals surface area contributed by atoms with Gasteiger partial charge in [-0.15, -0.1) is 0 Å². The van der Waals surface area contributed by atoms with Gasteiger partial charge in [-0.2, -0.15) is 0 Å². The largest absolute Gasteiger partial charge is 0.373 e. The Bertz CT molecular complexity index is 435. The number of hydrogen-bond donors (Lipinski definition) is 2. The van der Waals surface area contributed by atoms with E-state index in [-0.39, 0.29) is 17.5 Å². The second kappa shape index (κ2) is 4.30. The maximum Gasteiger partial charge on any atom is 0.243 e. The third kappa shape index (κ3) is 1.88. The second-order valence-corrected chi connectivity index (χ2v) is 5.53. The van der Waals surface area contributed by atoms with Crippen molar-refractivity contribution in [1.82, 2.24) is 5.32 Å². The van der Waals surface area contributed by atoms with E-state index in [1.165, 1.54) is 12.0 Å². The fraction of sp³-hybridized carbons (Fsp3) is 0.533. The number of rotatable bonds is 3. The predicted molar refractivity (Wildman–Crippen MR) is 72.6 cm³/mol. The zero-order chi connectivity index (χ0) is 12.6. The first-order chi connectivity index (χ1) is 8.72. The molecule has 0 spiro atoms. The highest BCUT2D eigenvalue weighted by Gasteiger charge is 2.38. The Balaban J connectivity index is 1.66. The summed E-state index contributed by atoms with van der Waals surface area (Å²) in [7, 11) is 0. The first-order valence-electron chi connectivity index (χ1n) is 6.89. The van der Waals surface area contributed by atoms with Gasteiger partial charge in [0.15, 0.2) is 0 Å². The Kier molecular flexibility index (Phi) is 2.77. The molecule has 1 heterocycles. The smallest absolute Gasteiger partial charge is 0.243 e. The van der Waals surface area contributed by atoms with Crippen molar-refractivity contribution in [3.05, 3.63) is 29.8 Å². The van der Waals surface area contributed by atoms with Gasteiger partial charge in [0, 0.05) is 17.6 Å². The number of para-hydroxylation sites is 1. The van der Waals surface area contributed by atoms with Crippen molar-refractivity contribution in [3.8, 4) is 0 Å². The van der Waals surface area contributed by atoms with E-state index in [1.54, 1.807) is 0 Å². The van der Waals surface area contributed by atoms with Crippen LogP contribution in [0, 0.1) is 0 Å².